The summed E-state index contributed by atoms with van der Waals surface area (Å²) in [6, 6.07) is 5.01. The maximum Gasteiger partial charge on any atom is 0.257 e. The summed E-state index contributed by atoms with van der Waals surface area (Å²) in [5.74, 6) is 0.967. The van der Waals surface area contributed by atoms with Gasteiger partial charge in [0.15, 0.2) is 0 Å². The summed E-state index contributed by atoms with van der Waals surface area (Å²) in [7, 11) is 4.80. The number of methoxy groups -OCH3 is 2. The molecular formula is C14H20N2O3S. The molecule has 2 N–H and O–H groups in total. The van der Waals surface area contributed by atoms with Crippen LogP contribution in [0.25, 0.3) is 0 Å². The van der Waals surface area contributed by atoms with Crippen LogP contribution < -0.4 is 15.2 Å². The van der Waals surface area contributed by atoms with Crippen LogP contribution in [0.3, 0.4) is 0 Å². The molecule has 110 valence electrons. The van der Waals surface area contributed by atoms with Crippen LogP contribution in [0.2, 0.25) is 0 Å². The van der Waals surface area contributed by atoms with Gasteiger partial charge in [0.05, 0.1) is 24.8 Å². The third-order valence-corrected chi connectivity index (χ3v) is 3.28. The average molecular weight is 296 g/mol. The van der Waals surface area contributed by atoms with Crippen LogP contribution in [0.4, 0.5) is 0 Å². The molecule has 0 saturated carbocycles. The zero-order chi connectivity index (χ0) is 15.3. The highest BCUT2D eigenvalue weighted by atomic mass is 32.1. The lowest BCUT2D eigenvalue weighted by Crippen LogP contribution is -2.37. The van der Waals surface area contributed by atoms with Crippen LogP contribution in [0.1, 0.15) is 23.7 Å². The Morgan fingerprint density at radius 2 is 2.05 bits per heavy atom. The fourth-order valence-electron chi connectivity index (χ4n) is 1.79. The van der Waals surface area contributed by atoms with E-state index in [9.17, 15) is 4.79 Å². The van der Waals surface area contributed by atoms with Crippen molar-refractivity contribution in [2.45, 2.75) is 19.4 Å². The van der Waals surface area contributed by atoms with E-state index in [0.29, 0.717) is 28.5 Å². The Labute approximate surface area is 124 Å². The monoisotopic (exact) mass is 296 g/mol. The van der Waals surface area contributed by atoms with Gasteiger partial charge in [-0.1, -0.05) is 12.2 Å². The van der Waals surface area contributed by atoms with E-state index >= 15 is 0 Å². The number of hydrogen-bond donors (Lipinski definition) is 1. The van der Waals surface area contributed by atoms with Gasteiger partial charge in [0.1, 0.15) is 11.5 Å². The van der Waals surface area contributed by atoms with Crippen molar-refractivity contribution in [1.82, 2.24) is 4.90 Å². The summed E-state index contributed by atoms with van der Waals surface area (Å²) >= 11 is 4.87. The molecule has 5 nitrogen and oxygen atoms in total. The van der Waals surface area contributed by atoms with Gasteiger partial charge in [0, 0.05) is 25.6 Å². The van der Waals surface area contributed by atoms with Gasteiger partial charge in [-0.15, -0.1) is 0 Å². The maximum atomic E-state index is 12.5. The number of nitrogens with zero attached hydrogens (tertiary/aromatic N) is 1. The predicted molar refractivity (Wildman–Crippen MR) is 82.5 cm³/mol. The molecule has 0 fully saturated rings. The average Bonchev–Trinajstić information content (AvgIpc) is 2.44. The van der Waals surface area contributed by atoms with Gasteiger partial charge < -0.3 is 20.1 Å². The molecule has 1 rings (SSSR count). The normalized spacial score (nSPS) is 11.6. The smallest absolute Gasteiger partial charge is 0.257 e. The molecule has 0 aliphatic carbocycles. The fourth-order valence-corrected chi connectivity index (χ4v) is 2.03. The van der Waals surface area contributed by atoms with E-state index < -0.39 is 0 Å². The van der Waals surface area contributed by atoms with E-state index in [1.165, 1.54) is 7.11 Å². The maximum absolute atomic E-state index is 12.5. The van der Waals surface area contributed by atoms with Crippen LogP contribution in [0.15, 0.2) is 18.2 Å². The Hall–Kier alpha value is -1.82. The third-order valence-electron chi connectivity index (χ3n) is 3.12. The Balaban J connectivity index is 2.99. The van der Waals surface area contributed by atoms with Crippen LogP contribution in [-0.4, -0.2) is 43.1 Å². The van der Waals surface area contributed by atoms with Gasteiger partial charge in [0.2, 0.25) is 0 Å². The molecule has 0 saturated heterocycles. The molecule has 6 heteroatoms. The largest absolute Gasteiger partial charge is 0.497 e. The van der Waals surface area contributed by atoms with Crippen molar-refractivity contribution in [3.05, 3.63) is 23.8 Å². The molecule has 0 bridgehead atoms. The lowest BCUT2D eigenvalue weighted by atomic mass is 10.1. The summed E-state index contributed by atoms with van der Waals surface area (Å²) in [6.45, 7) is 1.90. The number of nitrogens with two attached hydrogens (primary N) is 1. The third kappa shape index (κ3) is 3.84. The van der Waals surface area contributed by atoms with Gasteiger partial charge in [0.25, 0.3) is 5.91 Å². The lowest BCUT2D eigenvalue weighted by molar-refractivity contribution is 0.0744. The molecule has 0 spiro atoms. The SMILES string of the molecule is COc1ccc(C(=O)N(C)C(C)CC(N)=S)c(OC)c1. The van der Waals surface area contributed by atoms with Gasteiger partial charge in [-0.25, -0.2) is 0 Å². The van der Waals surface area contributed by atoms with Crippen LogP contribution in [-0.2, 0) is 0 Å². The van der Waals surface area contributed by atoms with Crippen LogP contribution in [0.5, 0.6) is 11.5 Å². The molecule has 1 aromatic rings. The molecule has 1 unspecified atom stereocenters. The molecule has 20 heavy (non-hydrogen) atoms. The van der Waals surface area contributed by atoms with Crippen molar-refractivity contribution in [3.63, 3.8) is 0 Å². The number of rotatable bonds is 6. The summed E-state index contributed by atoms with van der Waals surface area (Å²) in [5.41, 5.74) is 5.99. The van der Waals surface area contributed by atoms with Crippen molar-refractivity contribution < 1.29 is 14.3 Å². The van der Waals surface area contributed by atoms with E-state index in [4.69, 9.17) is 27.4 Å². The second kappa shape index (κ2) is 7.09. The zero-order valence-electron chi connectivity index (χ0n) is 12.2. The first-order valence-electron chi connectivity index (χ1n) is 6.18. The molecule has 0 heterocycles. The second-order valence-corrected chi connectivity index (χ2v) is 5.03. The Bertz CT molecular complexity index is 505. The first-order chi connectivity index (χ1) is 9.40. The van der Waals surface area contributed by atoms with Crippen molar-refractivity contribution >= 4 is 23.1 Å². The molecular weight excluding hydrogens is 276 g/mol. The van der Waals surface area contributed by atoms with Gasteiger partial charge in [-0.05, 0) is 19.1 Å². The van der Waals surface area contributed by atoms with Gasteiger partial charge in [-0.3, -0.25) is 4.79 Å². The first kappa shape index (κ1) is 16.2. The number of thiocarbonyl (C=S) groups is 1. The van der Waals surface area contributed by atoms with Crippen molar-refractivity contribution in [2.75, 3.05) is 21.3 Å². The minimum Gasteiger partial charge on any atom is -0.497 e. The van der Waals surface area contributed by atoms with E-state index in [1.807, 2.05) is 6.92 Å². The number of ether oxygens (including phenoxy) is 2. The Morgan fingerprint density at radius 1 is 1.40 bits per heavy atom. The zero-order valence-corrected chi connectivity index (χ0v) is 13.0. The van der Waals surface area contributed by atoms with Crippen LogP contribution >= 0.6 is 12.2 Å². The van der Waals surface area contributed by atoms with Crippen molar-refractivity contribution in [3.8, 4) is 11.5 Å². The summed E-state index contributed by atoms with van der Waals surface area (Å²) in [5, 5.41) is 0. The number of hydrogen-bond acceptors (Lipinski definition) is 4. The number of benzene rings is 1. The number of carbonyl (C=O) groups is 1. The minimum absolute atomic E-state index is 0.0770. The first-order valence-corrected chi connectivity index (χ1v) is 6.59. The second-order valence-electron chi connectivity index (χ2n) is 4.50. The molecule has 1 amide bonds. The highest BCUT2D eigenvalue weighted by molar-refractivity contribution is 7.80. The van der Waals surface area contributed by atoms with E-state index in [-0.39, 0.29) is 11.9 Å². The van der Waals surface area contributed by atoms with E-state index in [1.54, 1.807) is 37.3 Å². The fraction of sp³-hybridized carbons (Fsp3) is 0.429. The number of amides is 1. The Morgan fingerprint density at radius 3 is 2.55 bits per heavy atom. The summed E-state index contributed by atoms with van der Waals surface area (Å²) in [4.78, 5) is 14.5. The predicted octanol–water partition coefficient (Wildman–Crippen LogP) is 1.84. The highest BCUT2D eigenvalue weighted by Crippen LogP contribution is 2.26. The number of carbonyl (C=O) groups excluding carboxylic acids is 1. The van der Waals surface area contributed by atoms with Crippen LogP contribution in [0, 0.1) is 0 Å². The standard InChI is InChI=1S/C14H20N2O3S/c1-9(7-13(15)20)16(2)14(17)11-6-5-10(18-3)8-12(11)19-4/h5-6,8-9H,7H2,1-4H3,(H2,15,20). The minimum atomic E-state index is -0.145. The lowest BCUT2D eigenvalue weighted by Gasteiger charge is -2.25. The molecule has 0 aromatic heterocycles. The topological polar surface area (TPSA) is 64.8 Å². The van der Waals surface area contributed by atoms with Crippen molar-refractivity contribution in [1.29, 1.82) is 0 Å². The molecule has 0 aliphatic rings. The summed E-state index contributed by atoms with van der Waals surface area (Å²) < 4.78 is 10.4. The molecule has 1 atom stereocenters. The Kier molecular flexibility index (Phi) is 5.76. The molecule has 0 aliphatic heterocycles. The highest BCUT2D eigenvalue weighted by Gasteiger charge is 2.21. The van der Waals surface area contributed by atoms with E-state index in [0.717, 1.165) is 0 Å². The quantitative estimate of drug-likeness (QED) is 0.812. The molecule has 0 radical (unpaired) electrons. The molecule has 1 aromatic carbocycles. The van der Waals surface area contributed by atoms with E-state index in [2.05, 4.69) is 0 Å². The van der Waals surface area contributed by atoms with Crippen molar-refractivity contribution in [2.24, 2.45) is 5.73 Å². The van der Waals surface area contributed by atoms with Gasteiger partial charge in [-0.2, -0.15) is 0 Å². The summed E-state index contributed by atoms with van der Waals surface area (Å²) in [6.07, 6.45) is 0.482. The van der Waals surface area contributed by atoms with Gasteiger partial charge >= 0.3 is 0 Å².